The molecule has 1 aromatic rings. The Balaban J connectivity index is 1.80. The molecular formula is C20H28ClN3O2. The van der Waals surface area contributed by atoms with E-state index in [1.807, 2.05) is 36.1 Å². The molecule has 142 valence electrons. The number of benzene rings is 1. The van der Waals surface area contributed by atoms with Crippen LogP contribution in [0.1, 0.15) is 44.2 Å². The third kappa shape index (κ3) is 4.21. The van der Waals surface area contributed by atoms with E-state index >= 15 is 0 Å². The van der Waals surface area contributed by atoms with Crippen LogP contribution in [-0.4, -0.2) is 54.3 Å². The van der Waals surface area contributed by atoms with E-state index < -0.39 is 0 Å². The van der Waals surface area contributed by atoms with Crippen molar-refractivity contribution < 1.29 is 9.59 Å². The second-order valence-corrected chi connectivity index (χ2v) is 7.85. The molecule has 2 aliphatic rings. The highest BCUT2D eigenvalue weighted by atomic mass is 35.5. The maximum absolute atomic E-state index is 13.1. The van der Waals surface area contributed by atoms with Crippen LogP contribution < -0.4 is 5.32 Å². The van der Waals surface area contributed by atoms with Crippen molar-refractivity contribution in [3.05, 3.63) is 34.9 Å². The van der Waals surface area contributed by atoms with Gasteiger partial charge in [-0.15, -0.1) is 0 Å². The Bertz CT molecular complexity index is 658. The summed E-state index contributed by atoms with van der Waals surface area (Å²) < 4.78 is 0. The summed E-state index contributed by atoms with van der Waals surface area (Å²) in [5.41, 5.74) is 0.941. The highest BCUT2D eigenvalue weighted by Gasteiger charge is 2.40. The topological polar surface area (TPSA) is 52.7 Å². The number of nitrogens with one attached hydrogen (secondary N) is 1. The van der Waals surface area contributed by atoms with Crippen LogP contribution in [0.4, 0.5) is 0 Å². The molecule has 5 nitrogen and oxygen atoms in total. The van der Waals surface area contributed by atoms with Gasteiger partial charge >= 0.3 is 0 Å². The second-order valence-electron chi connectivity index (χ2n) is 7.41. The van der Waals surface area contributed by atoms with Gasteiger partial charge in [0, 0.05) is 24.0 Å². The molecule has 1 N–H and O–H groups in total. The van der Waals surface area contributed by atoms with Crippen molar-refractivity contribution in [2.45, 2.75) is 44.7 Å². The normalized spacial score (nSPS) is 25.3. The fraction of sp³-hybridized carbons (Fsp3) is 0.600. The van der Waals surface area contributed by atoms with Gasteiger partial charge in [0.2, 0.25) is 11.8 Å². The van der Waals surface area contributed by atoms with Gasteiger partial charge in [-0.05, 0) is 64.0 Å². The average molecular weight is 378 g/mol. The van der Waals surface area contributed by atoms with E-state index in [1.54, 1.807) is 0 Å². The van der Waals surface area contributed by atoms with Crippen molar-refractivity contribution in [3.8, 4) is 0 Å². The molecule has 0 saturated carbocycles. The Hall–Kier alpha value is -1.59. The van der Waals surface area contributed by atoms with Crippen molar-refractivity contribution in [3.63, 3.8) is 0 Å². The number of likely N-dealkylation sites (tertiary alicyclic amines) is 2. The molecule has 6 heteroatoms. The Morgan fingerprint density at radius 3 is 2.65 bits per heavy atom. The maximum atomic E-state index is 13.1. The maximum Gasteiger partial charge on any atom is 0.225 e. The van der Waals surface area contributed by atoms with Crippen LogP contribution in [0.15, 0.2) is 24.3 Å². The van der Waals surface area contributed by atoms with Gasteiger partial charge in [-0.3, -0.25) is 9.59 Å². The first kappa shape index (κ1) is 19.2. The third-order valence-electron chi connectivity index (χ3n) is 5.64. The minimum Gasteiger partial charge on any atom is -0.353 e. The molecule has 2 heterocycles. The largest absolute Gasteiger partial charge is 0.353 e. The number of carbonyl (C=O) groups excluding carboxylic acids is 2. The Morgan fingerprint density at radius 1 is 1.27 bits per heavy atom. The Kier molecular flexibility index (Phi) is 6.20. The predicted octanol–water partition coefficient (Wildman–Crippen LogP) is 2.85. The van der Waals surface area contributed by atoms with Gasteiger partial charge in [0.15, 0.2) is 0 Å². The summed E-state index contributed by atoms with van der Waals surface area (Å²) in [6.07, 6.45) is 2.97. The molecule has 2 saturated heterocycles. The summed E-state index contributed by atoms with van der Waals surface area (Å²) in [7, 11) is 2.11. The van der Waals surface area contributed by atoms with Crippen LogP contribution in [0.2, 0.25) is 5.02 Å². The van der Waals surface area contributed by atoms with Crippen molar-refractivity contribution in [1.29, 1.82) is 0 Å². The van der Waals surface area contributed by atoms with Crippen LogP contribution in [0.25, 0.3) is 0 Å². The molecule has 2 aliphatic heterocycles. The fourth-order valence-corrected chi connectivity index (χ4v) is 4.36. The third-order valence-corrected chi connectivity index (χ3v) is 5.87. The lowest BCUT2D eigenvalue weighted by Gasteiger charge is -2.41. The summed E-state index contributed by atoms with van der Waals surface area (Å²) in [5.74, 6) is -0.0536. The predicted molar refractivity (Wildman–Crippen MR) is 103 cm³/mol. The molecule has 26 heavy (non-hydrogen) atoms. The lowest BCUT2D eigenvalue weighted by atomic mass is 9.83. The summed E-state index contributed by atoms with van der Waals surface area (Å²) >= 11 is 6.18. The zero-order valence-electron chi connectivity index (χ0n) is 15.6. The summed E-state index contributed by atoms with van der Waals surface area (Å²) in [4.78, 5) is 29.6. The van der Waals surface area contributed by atoms with E-state index in [4.69, 9.17) is 11.6 Å². The first-order valence-electron chi connectivity index (χ1n) is 9.53. The fourth-order valence-electron chi connectivity index (χ4n) is 4.16. The lowest BCUT2D eigenvalue weighted by molar-refractivity contribution is -0.143. The molecule has 0 spiro atoms. The van der Waals surface area contributed by atoms with Gasteiger partial charge in [-0.1, -0.05) is 23.7 Å². The van der Waals surface area contributed by atoms with E-state index in [9.17, 15) is 9.59 Å². The number of halogens is 1. The van der Waals surface area contributed by atoms with E-state index in [0.717, 1.165) is 31.5 Å². The molecule has 2 amide bonds. The van der Waals surface area contributed by atoms with Crippen LogP contribution in [0, 0.1) is 5.92 Å². The molecule has 0 unspecified atom stereocenters. The van der Waals surface area contributed by atoms with Gasteiger partial charge in [-0.2, -0.15) is 0 Å². The number of nitrogens with zero attached hydrogens (tertiary/aromatic N) is 2. The first-order valence-corrected chi connectivity index (χ1v) is 9.91. The number of amides is 2. The van der Waals surface area contributed by atoms with E-state index in [0.29, 0.717) is 24.4 Å². The van der Waals surface area contributed by atoms with E-state index in [1.165, 1.54) is 0 Å². The first-order chi connectivity index (χ1) is 12.5. The number of hydrogen-bond acceptors (Lipinski definition) is 3. The van der Waals surface area contributed by atoms with Crippen molar-refractivity contribution in [1.82, 2.24) is 15.1 Å². The smallest absolute Gasteiger partial charge is 0.225 e. The van der Waals surface area contributed by atoms with Crippen molar-refractivity contribution >= 4 is 23.4 Å². The number of piperidine rings is 2. The van der Waals surface area contributed by atoms with Crippen LogP contribution >= 0.6 is 11.6 Å². The molecule has 0 bridgehead atoms. The van der Waals surface area contributed by atoms with Gasteiger partial charge in [0.05, 0.1) is 12.0 Å². The molecule has 2 atom stereocenters. The number of rotatable bonds is 4. The van der Waals surface area contributed by atoms with Crippen LogP contribution in [0.5, 0.6) is 0 Å². The summed E-state index contributed by atoms with van der Waals surface area (Å²) in [5, 5.41) is 3.88. The van der Waals surface area contributed by atoms with Gasteiger partial charge < -0.3 is 15.1 Å². The average Bonchev–Trinajstić information content (AvgIpc) is 2.63. The van der Waals surface area contributed by atoms with Gasteiger partial charge in [-0.25, -0.2) is 0 Å². The Morgan fingerprint density at radius 2 is 2.00 bits per heavy atom. The van der Waals surface area contributed by atoms with E-state index in [2.05, 4.69) is 17.3 Å². The van der Waals surface area contributed by atoms with Crippen LogP contribution in [-0.2, 0) is 9.59 Å². The van der Waals surface area contributed by atoms with E-state index in [-0.39, 0.29) is 29.8 Å². The SMILES string of the molecule is CCN1C(=O)CC[C@@H](C(=O)NC2CCN(C)CC2)[C@@H]1c1cccc(Cl)c1. The Labute approximate surface area is 160 Å². The summed E-state index contributed by atoms with van der Waals surface area (Å²) in [6.45, 7) is 4.57. The summed E-state index contributed by atoms with van der Waals surface area (Å²) in [6, 6.07) is 7.53. The minimum atomic E-state index is -0.244. The highest BCUT2D eigenvalue weighted by Crippen LogP contribution is 2.37. The zero-order chi connectivity index (χ0) is 18.7. The van der Waals surface area contributed by atoms with Crippen molar-refractivity contribution in [2.75, 3.05) is 26.7 Å². The second kappa shape index (κ2) is 8.40. The monoisotopic (exact) mass is 377 g/mol. The number of hydrogen-bond donors (Lipinski definition) is 1. The molecule has 2 fully saturated rings. The highest BCUT2D eigenvalue weighted by molar-refractivity contribution is 6.30. The quantitative estimate of drug-likeness (QED) is 0.877. The molecule has 3 rings (SSSR count). The van der Waals surface area contributed by atoms with Gasteiger partial charge in [0.1, 0.15) is 0 Å². The molecule has 0 aliphatic carbocycles. The lowest BCUT2D eigenvalue weighted by Crippen LogP contribution is -2.51. The van der Waals surface area contributed by atoms with Gasteiger partial charge in [0.25, 0.3) is 0 Å². The molecular weight excluding hydrogens is 350 g/mol. The number of carbonyl (C=O) groups is 2. The van der Waals surface area contributed by atoms with Crippen LogP contribution in [0.3, 0.4) is 0 Å². The zero-order valence-corrected chi connectivity index (χ0v) is 16.3. The molecule has 1 aromatic carbocycles. The minimum absolute atomic E-state index is 0.0653. The molecule has 0 radical (unpaired) electrons. The van der Waals surface area contributed by atoms with Crippen molar-refractivity contribution in [2.24, 2.45) is 5.92 Å². The molecule has 0 aromatic heterocycles. The standard InChI is InChI=1S/C20H28ClN3O2/c1-3-24-18(25)8-7-17(19(24)14-5-4-6-15(21)13-14)20(26)22-16-9-11-23(2)12-10-16/h4-6,13,16-17,19H,3,7-12H2,1-2H3,(H,22,26)/t17-,19+/m1/s1.